The third-order valence-corrected chi connectivity index (χ3v) is 2.85. The number of rotatable bonds is 6. The van der Waals surface area contributed by atoms with E-state index in [4.69, 9.17) is 15.2 Å². The van der Waals surface area contributed by atoms with E-state index in [2.05, 4.69) is 25.3 Å². The predicted molar refractivity (Wildman–Crippen MR) is 83.9 cm³/mol. The van der Waals surface area contributed by atoms with E-state index < -0.39 is 0 Å². The third-order valence-electron chi connectivity index (χ3n) is 2.85. The number of ether oxygens (including phenoxy) is 2. The second-order valence-corrected chi connectivity index (χ2v) is 4.13. The van der Waals surface area contributed by atoms with Crippen LogP contribution < -0.4 is 20.5 Å². The van der Waals surface area contributed by atoms with Crippen LogP contribution in [0.2, 0.25) is 0 Å². The van der Waals surface area contributed by atoms with Crippen LogP contribution in [0.3, 0.4) is 0 Å². The van der Waals surface area contributed by atoms with E-state index in [9.17, 15) is 0 Å². The van der Waals surface area contributed by atoms with E-state index in [1.807, 2.05) is 6.07 Å². The predicted octanol–water partition coefficient (Wildman–Crippen LogP) is 1.80. The maximum Gasteiger partial charge on any atom is 0.162 e. The Kier molecular flexibility index (Phi) is 4.97. The minimum absolute atomic E-state index is 0.291. The lowest BCUT2D eigenvalue weighted by atomic mass is 10.2. The molecule has 3 N–H and O–H groups in total. The maximum absolute atomic E-state index is 5.83. The van der Waals surface area contributed by atoms with E-state index in [1.54, 1.807) is 26.4 Å². The summed E-state index contributed by atoms with van der Waals surface area (Å²) in [6.45, 7) is 0. The van der Waals surface area contributed by atoms with Gasteiger partial charge in [0.05, 0.1) is 26.0 Å². The molecule has 8 heteroatoms. The number of nitrogens with two attached hydrogens (primary N) is 1. The molecular weight excluding hydrogens is 286 g/mol. The molecule has 0 aliphatic heterocycles. The number of nitrogen functional groups attached to an aromatic ring is 1. The van der Waals surface area contributed by atoms with Crippen LogP contribution >= 0.6 is 0 Å². The summed E-state index contributed by atoms with van der Waals surface area (Å²) in [7, 11) is 4.59. The van der Waals surface area contributed by atoms with Gasteiger partial charge in [-0.1, -0.05) is 5.16 Å². The Balaban J connectivity index is 2.35. The van der Waals surface area contributed by atoms with Gasteiger partial charge >= 0.3 is 0 Å². The van der Waals surface area contributed by atoms with Gasteiger partial charge in [0.1, 0.15) is 25.1 Å². The Morgan fingerprint density at radius 3 is 2.59 bits per heavy atom. The zero-order valence-electron chi connectivity index (χ0n) is 12.5. The lowest BCUT2D eigenvalue weighted by Crippen LogP contribution is -2.05. The van der Waals surface area contributed by atoms with E-state index in [1.165, 1.54) is 19.7 Å². The van der Waals surface area contributed by atoms with Gasteiger partial charge in [0.2, 0.25) is 0 Å². The van der Waals surface area contributed by atoms with Crippen molar-refractivity contribution in [2.45, 2.75) is 0 Å². The van der Waals surface area contributed by atoms with Crippen LogP contribution in [0.1, 0.15) is 5.56 Å². The first-order chi connectivity index (χ1) is 10.7. The Morgan fingerprint density at radius 2 is 1.91 bits per heavy atom. The molecule has 2 aromatic rings. The molecule has 1 heterocycles. The summed E-state index contributed by atoms with van der Waals surface area (Å²) >= 11 is 0. The van der Waals surface area contributed by atoms with Crippen molar-refractivity contribution in [1.82, 2.24) is 9.97 Å². The van der Waals surface area contributed by atoms with Crippen LogP contribution in [0, 0.1) is 0 Å². The van der Waals surface area contributed by atoms with Crippen molar-refractivity contribution in [3.05, 3.63) is 30.1 Å². The minimum Gasteiger partial charge on any atom is -0.493 e. The Morgan fingerprint density at radius 1 is 1.14 bits per heavy atom. The fourth-order valence-electron chi connectivity index (χ4n) is 1.79. The normalized spacial score (nSPS) is 10.5. The van der Waals surface area contributed by atoms with Gasteiger partial charge in [-0.3, -0.25) is 0 Å². The molecule has 1 aromatic carbocycles. The summed E-state index contributed by atoms with van der Waals surface area (Å²) in [4.78, 5) is 12.8. The molecule has 0 bridgehead atoms. The van der Waals surface area contributed by atoms with Gasteiger partial charge in [-0.25, -0.2) is 9.97 Å². The highest BCUT2D eigenvalue weighted by atomic mass is 16.6. The smallest absolute Gasteiger partial charge is 0.162 e. The molecule has 0 atom stereocenters. The molecule has 0 unspecified atom stereocenters. The second kappa shape index (κ2) is 7.11. The molecule has 0 saturated carbocycles. The molecule has 0 amide bonds. The number of benzene rings is 1. The molecule has 1 aromatic heterocycles. The topological polar surface area (TPSA) is 104 Å². The molecule has 0 spiro atoms. The first-order valence-electron chi connectivity index (χ1n) is 6.35. The van der Waals surface area contributed by atoms with Crippen molar-refractivity contribution in [1.29, 1.82) is 0 Å². The van der Waals surface area contributed by atoms with Gasteiger partial charge in [-0.05, 0) is 12.1 Å². The number of anilines is 3. The number of hydrogen-bond donors (Lipinski definition) is 2. The number of nitrogens with zero attached hydrogens (tertiary/aromatic N) is 3. The molecule has 0 radical (unpaired) electrons. The maximum atomic E-state index is 5.83. The van der Waals surface area contributed by atoms with Crippen molar-refractivity contribution >= 4 is 23.5 Å². The minimum atomic E-state index is 0.291. The summed E-state index contributed by atoms with van der Waals surface area (Å²) in [6, 6.07) is 5.40. The Hall–Kier alpha value is -3.03. The Labute approximate surface area is 127 Å². The average Bonchev–Trinajstić information content (AvgIpc) is 2.54. The van der Waals surface area contributed by atoms with Crippen molar-refractivity contribution in [2.75, 3.05) is 32.4 Å². The fraction of sp³-hybridized carbons (Fsp3) is 0.214. The van der Waals surface area contributed by atoms with Crippen LogP contribution in [-0.4, -0.2) is 37.5 Å². The summed E-state index contributed by atoms with van der Waals surface area (Å²) in [5, 5.41) is 6.83. The first-order valence-corrected chi connectivity index (χ1v) is 6.35. The zero-order valence-corrected chi connectivity index (χ0v) is 12.5. The van der Waals surface area contributed by atoms with Crippen LogP contribution in [0.5, 0.6) is 11.5 Å². The standard InChI is InChI=1S/C14H17N5O3/c1-20-11-5-4-9(6-12(11)21-2)19-14-10(7-18-22-3)13(15)16-8-17-14/h4-8H,1-3H3,(H3,15,16,17,19)/b18-7+. The molecule has 8 nitrogen and oxygen atoms in total. The number of hydrogen-bond acceptors (Lipinski definition) is 8. The lowest BCUT2D eigenvalue weighted by molar-refractivity contribution is 0.215. The molecule has 0 aliphatic rings. The van der Waals surface area contributed by atoms with Gasteiger partial charge in [-0.2, -0.15) is 0 Å². The molecule has 22 heavy (non-hydrogen) atoms. The molecule has 0 aliphatic carbocycles. The van der Waals surface area contributed by atoms with Crippen LogP contribution in [0.25, 0.3) is 0 Å². The van der Waals surface area contributed by atoms with Crippen LogP contribution in [0.4, 0.5) is 17.3 Å². The molecule has 0 saturated heterocycles. The van der Waals surface area contributed by atoms with Crippen molar-refractivity contribution in [2.24, 2.45) is 5.16 Å². The van der Waals surface area contributed by atoms with Crippen molar-refractivity contribution in [3.8, 4) is 11.5 Å². The number of methoxy groups -OCH3 is 2. The van der Waals surface area contributed by atoms with E-state index in [0.29, 0.717) is 28.7 Å². The number of nitrogens with one attached hydrogen (secondary N) is 1. The van der Waals surface area contributed by atoms with Crippen LogP contribution in [0.15, 0.2) is 29.7 Å². The number of aromatic nitrogens is 2. The second-order valence-electron chi connectivity index (χ2n) is 4.13. The molecule has 116 valence electrons. The van der Waals surface area contributed by atoms with E-state index in [0.717, 1.165) is 5.69 Å². The van der Waals surface area contributed by atoms with Crippen molar-refractivity contribution < 1.29 is 14.3 Å². The van der Waals surface area contributed by atoms with Gasteiger partial charge < -0.3 is 25.4 Å². The zero-order chi connectivity index (χ0) is 15.9. The molecule has 0 fully saturated rings. The highest BCUT2D eigenvalue weighted by Crippen LogP contribution is 2.31. The highest BCUT2D eigenvalue weighted by Gasteiger charge is 2.10. The van der Waals surface area contributed by atoms with Crippen LogP contribution in [-0.2, 0) is 4.84 Å². The van der Waals surface area contributed by atoms with E-state index >= 15 is 0 Å². The summed E-state index contributed by atoms with van der Waals surface area (Å²) in [5.41, 5.74) is 7.11. The summed E-state index contributed by atoms with van der Waals surface area (Å²) in [6.07, 6.45) is 2.81. The van der Waals surface area contributed by atoms with Gasteiger partial charge in [0.15, 0.2) is 11.5 Å². The molecule has 2 rings (SSSR count). The average molecular weight is 303 g/mol. The Bertz CT molecular complexity index is 676. The SMILES string of the molecule is CO/N=C/c1c(N)ncnc1Nc1ccc(OC)c(OC)c1. The quantitative estimate of drug-likeness (QED) is 0.619. The van der Waals surface area contributed by atoms with Crippen molar-refractivity contribution in [3.63, 3.8) is 0 Å². The third kappa shape index (κ3) is 3.35. The monoisotopic (exact) mass is 303 g/mol. The van der Waals surface area contributed by atoms with Gasteiger partial charge in [0.25, 0.3) is 0 Å². The van der Waals surface area contributed by atoms with Gasteiger partial charge in [0, 0.05) is 11.8 Å². The summed E-state index contributed by atoms with van der Waals surface area (Å²) < 4.78 is 10.5. The lowest BCUT2D eigenvalue weighted by Gasteiger charge is -2.12. The van der Waals surface area contributed by atoms with Gasteiger partial charge in [-0.15, -0.1) is 0 Å². The van der Waals surface area contributed by atoms with E-state index in [-0.39, 0.29) is 0 Å². The molecular formula is C14H17N5O3. The first kappa shape index (κ1) is 15.4. The summed E-state index contributed by atoms with van der Waals surface area (Å²) in [5.74, 6) is 2.03. The fourth-order valence-corrected chi connectivity index (χ4v) is 1.79. The highest BCUT2D eigenvalue weighted by molar-refractivity contribution is 5.92. The number of oxime groups is 1. The largest absolute Gasteiger partial charge is 0.493 e.